The zero-order chi connectivity index (χ0) is 51.4. The summed E-state index contributed by atoms with van der Waals surface area (Å²) < 4.78 is 19.5. The quantitative estimate of drug-likeness (QED) is 0.0659. The summed E-state index contributed by atoms with van der Waals surface area (Å²) in [6.45, 7) is 9.74. The summed E-state index contributed by atoms with van der Waals surface area (Å²) in [6.07, 6.45) is 4.27. The lowest BCUT2D eigenvalue weighted by molar-refractivity contribution is -0.139. The molecule has 5 N–H and O–H groups in total. The van der Waals surface area contributed by atoms with Crippen LogP contribution in [-0.4, -0.2) is 125 Å². The van der Waals surface area contributed by atoms with Crippen molar-refractivity contribution >= 4 is 63.3 Å². The number of carbonyl (C=O) groups excluding carboxylic acids is 4. The van der Waals surface area contributed by atoms with E-state index in [-0.39, 0.29) is 60.6 Å². The SMILES string of the molecule is Cc1ccc(NC2CNC2)cc1C(=O)N[C@H](C)c1ccc(C#CC2CCN(CC3(F)CCN(C(=O)C4CCN(c5ccc6c(c5)n(C)c(=O)n6C5CCC(=O)NC5=O)CC4)CC3)CC2)c2ccccc12.O=CO. The van der Waals surface area contributed by atoms with E-state index in [9.17, 15) is 24.0 Å². The highest BCUT2D eigenvalue weighted by Gasteiger charge is 2.40. The standard InChI is InChI=1S/C55H64FN9O5.CH2O2/c1-35-8-12-40(59-41-32-57-33-41)30-46(35)51(67)58-36(2)43-14-11-38(44-6-4-5-7-45(43)44)10-9-37-18-24-62(25-19-37)34-55(56)22-28-64(29-23-55)53(69)39-20-26-63(27-21-39)42-13-15-47-49(31-42)61(3)54(70)65(47)48-16-17-50(66)60-52(48)68;2-1-3/h4-8,11-15,30-31,36-37,39,41,48,57,59H,16-29,32-34H2,1-3H3,(H,58,67)(H,60,66,68);1H,(H,2,3)/t36-,48?;/m1./s1. The van der Waals surface area contributed by atoms with Gasteiger partial charge in [0, 0.05) is 106 Å². The Bertz CT molecular complexity index is 3020. The van der Waals surface area contributed by atoms with Gasteiger partial charge >= 0.3 is 5.69 Å². The number of hydrogen-bond donors (Lipinski definition) is 5. The van der Waals surface area contributed by atoms with Gasteiger partial charge in [0.1, 0.15) is 11.7 Å². The fourth-order valence-electron chi connectivity index (χ4n) is 11.3. The summed E-state index contributed by atoms with van der Waals surface area (Å²) in [4.78, 5) is 79.7. The summed E-state index contributed by atoms with van der Waals surface area (Å²) in [6, 6.07) is 23.6. The minimum Gasteiger partial charge on any atom is -0.483 e. The number of aryl methyl sites for hydroxylation is 2. The van der Waals surface area contributed by atoms with Gasteiger partial charge in [-0.1, -0.05) is 48.2 Å². The highest BCUT2D eigenvalue weighted by Crippen LogP contribution is 2.34. The second-order valence-electron chi connectivity index (χ2n) is 20.5. The van der Waals surface area contributed by atoms with Crippen molar-refractivity contribution in [2.45, 2.75) is 89.0 Å². The van der Waals surface area contributed by atoms with Gasteiger partial charge < -0.3 is 35.8 Å². The van der Waals surface area contributed by atoms with Crippen LogP contribution in [0.25, 0.3) is 21.8 Å². The lowest BCUT2D eigenvalue weighted by Gasteiger charge is -2.42. The number of fused-ring (bicyclic) bond motifs is 2. The molecule has 384 valence electrons. The van der Waals surface area contributed by atoms with Crippen LogP contribution < -0.4 is 31.9 Å². The fraction of sp³-hybridized carbons (Fsp3) is 0.464. The molecule has 0 radical (unpaired) electrons. The first-order valence-corrected chi connectivity index (χ1v) is 25.7. The van der Waals surface area contributed by atoms with Crippen LogP contribution in [0.15, 0.2) is 77.6 Å². The number of likely N-dealkylation sites (tertiary alicyclic amines) is 2. The van der Waals surface area contributed by atoms with Crippen molar-refractivity contribution in [2.75, 3.05) is 69.1 Å². The lowest BCUT2D eigenvalue weighted by atomic mass is 9.88. The highest BCUT2D eigenvalue weighted by atomic mass is 19.1. The molecule has 5 aromatic rings. The smallest absolute Gasteiger partial charge is 0.329 e. The molecule has 6 heterocycles. The Hall–Kier alpha value is -7.03. The Kier molecular flexibility index (Phi) is 15.3. The first kappa shape index (κ1) is 50.9. The summed E-state index contributed by atoms with van der Waals surface area (Å²) >= 11 is 0. The first-order valence-electron chi connectivity index (χ1n) is 25.7. The Labute approximate surface area is 424 Å². The predicted molar refractivity (Wildman–Crippen MR) is 279 cm³/mol. The third-order valence-electron chi connectivity index (χ3n) is 15.7. The van der Waals surface area contributed by atoms with E-state index in [0.29, 0.717) is 81.0 Å². The van der Waals surface area contributed by atoms with Gasteiger partial charge in [-0.25, -0.2) is 9.18 Å². The molecule has 5 saturated heterocycles. The molecule has 5 aliphatic heterocycles. The van der Waals surface area contributed by atoms with Crippen LogP contribution in [-0.2, 0) is 26.2 Å². The van der Waals surface area contributed by atoms with Crippen molar-refractivity contribution in [3.05, 3.63) is 106 Å². The van der Waals surface area contributed by atoms with E-state index < -0.39 is 17.6 Å². The molecule has 10 rings (SSSR count). The molecule has 4 aromatic carbocycles. The summed E-state index contributed by atoms with van der Waals surface area (Å²) in [7, 11) is 1.69. The molecule has 0 bridgehead atoms. The van der Waals surface area contributed by atoms with Gasteiger partial charge in [-0.2, -0.15) is 0 Å². The number of imide groups is 1. The first-order chi connectivity index (χ1) is 35.2. The van der Waals surface area contributed by atoms with E-state index in [2.05, 4.69) is 67.2 Å². The van der Waals surface area contributed by atoms with Gasteiger partial charge in [-0.3, -0.25) is 38.4 Å². The van der Waals surface area contributed by atoms with Gasteiger partial charge in [0.25, 0.3) is 12.4 Å². The average molecular weight is 996 g/mol. The minimum absolute atomic E-state index is 0.101. The largest absolute Gasteiger partial charge is 0.483 e. The van der Waals surface area contributed by atoms with Crippen molar-refractivity contribution in [3.8, 4) is 11.8 Å². The van der Waals surface area contributed by atoms with Crippen LogP contribution in [0.1, 0.15) is 97.4 Å². The van der Waals surface area contributed by atoms with Crippen molar-refractivity contribution < 1.29 is 33.5 Å². The maximum absolute atomic E-state index is 16.4. The zero-order valence-corrected chi connectivity index (χ0v) is 41.9. The van der Waals surface area contributed by atoms with E-state index in [1.54, 1.807) is 11.6 Å². The molecule has 1 unspecified atom stereocenters. The number of aromatic nitrogens is 2. The van der Waals surface area contributed by atoms with Crippen LogP contribution in [0, 0.1) is 30.6 Å². The zero-order valence-electron chi connectivity index (χ0n) is 41.9. The number of halogens is 1. The Morgan fingerprint density at radius 3 is 2.29 bits per heavy atom. The normalized spacial score (nSPS) is 20.2. The number of anilines is 2. The average Bonchev–Trinajstić information content (AvgIpc) is 3.62. The molecule has 0 aliphatic carbocycles. The van der Waals surface area contributed by atoms with Crippen molar-refractivity contribution in [3.63, 3.8) is 0 Å². The van der Waals surface area contributed by atoms with Gasteiger partial charge in [0.2, 0.25) is 17.7 Å². The van der Waals surface area contributed by atoms with Crippen molar-refractivity contribution in [1.29, 1.82) is 0 Å². The van der Waals surface area contributed by atoms with E-state index in [4.69, 9.17) is 9.90 Å². The van der Waals surface area contributed by atoms with Crippen molar-refractivity contribution in [1.82, 2.24) is 34.9 Å². The Morgan fingerprint density at radius 1 is 0.890 bits per heavy atom. The molecule has 5 fully saturated rings. The molecule has 1 aromatic heterocycles. The number of carboxylic acid groups (broad SMARTS) is 1. The number of nitrogens with one attached hydrogen (secondary N) is 4. The fourth-order valence-corrected chi connectivity index (χ4v) is 11.3. The summed E-state index contributed by atoms with van der Waals surface area (Å²) in [5, 5.41) is 21.4. The van der Waals surface area contributed by atoms with Gasteiger partial charge in [-0.15, -0.1) is 0 Å². The highest BCUT2D eigenvalue weighted by molar-refractivity contribution is 6.00. The van der Waals surface area contributed by atoms with Crippen LogP contribution in [0.4, 0.5) is 15.8 Å². The number of alkyl halides is 1. The minimum atomic E-state index is -1.33. The van der Waals surface area contributed by atoms with Crippen LogP contribution in [0.3, 0.4) is 0 Å². The monoisotopic (exact) mass is 996 g/mol. The number of nitrogens with zero attached hydrogens (tertiary/aromatic N) is 5. The molecule has 4 amide bonds. The number of amides is 4. The predicted octanol–water partition coefficient (Wildman–Crippen LogP) is 5.67. The second kappa shape index (κ2) is 22.0. The molecule has 0 saturated carbocycles. The third-order valence-corrected chi connectivity index (χ3v) is 15.7. The van der Waals surface area contributed by atoms with E-state index in [1.165, 1.54) is 4.57 Å². The number of imidazole rings is 1. The number of carbonyl (C=O) groups is 5. The van der Waals surface area contributed by atoms with E-state index in [1.807, 2.05) is 67.3 Å². The molecule has 2 atom stereocenters. The topological polar surface area (TPSA) is 190 Å². The van der Waals surface area contributed by atoms with E-state index >= 15 is 4.39 Å². The van der Waals surface area contributed by atoms with Crippen molar-refractivity contribution in [2.24, 2.45) is 18.9 Å². The summed E-state index contributed by atoms with van der Waals surface area (Å²) in [5.41, 5.74) is 5.21. The number of hydrogen-bond acceptors (Lipinski definition) is 10. The maximum Gasteiger partial charge on any atom is 0.329 e. The lowest BCUT2D eigenvalue weighted by Crippen LogP contribution is -2.52. The Balaban J connectivity index is 0.00000214. The molecule has 16 nitrogen and oxygen atoms in total. The maximum atomic E-state index is 16.4. The van der Waals surface area contributed by atoms with Gasteiger partial charge in [-0.05, 0) is 117 Å². The number of benzene rings is 4. The Morgan fingerprint density at radius 2 is 1.60 bits per heavy atom. The molecule has 73 heavy (non-hydrogen) atoms. The molecular weight excluding hydrogens is 930 g/mol. The molecular formula is C56H66FN9O7. The molecule has 0 spiro atoms. The van der Waals surface area contributed by atoms with Gasteiger partial charge in [0.05, 0.1) is 23.1 Å². The van der Waals surface area contributed by atoms with E-state index in [0.717, 1.165) is 77.9 Å². The second-order valence-corrected chi connectivity index (χ2v) is 20.5. The number of rotatable bonds is 10. The van der Waals surface area contributed by atoms with Crippen LogP contribution >= 0.6 is 0 Å². The molecule has 5 aliphatic rings. The number of piperidine rings is 4. The third kappa shape index (κ3) is 11.2. The van der Waals surface area contributed by atoms with Crippen LogP contribution in [0.2, 0.25) is 0 Å². The van der Waals surface area contributed by atoms with Gasteiger partial charge in [0.15, 0.2) is 0 Å². The van der Waals surface area contributed by atoms with Crippen LogP contribution in [0.5, 0.6) is 0 Å². The summed E-state index contributed by atoms with van der Waals surface area (Å²) in [5.74, 6) is 6.38. The molecule has 17 heteroatoms.